The van der Waals surface area contributed by atoms with Crippen molar-refractivity contribution < 1.29 is 9.21 Å². The topological polar surface area (TPSA) is 59.2 Å². The molecular weight excluding hydrogens is 382 g/mol. The van der Waals surface area contributed by atoms with Gasteiger partial charge in [0.2, 0.25) is 0 Å². The molecule has 3 aromatic rings. The van der Waals surface area contributed by atoms with E-state index in [2.05, 4.69) is 9.97 Å². The van der Waals surface area contributed by atoms with Gasteiger partial charge in [0, 0.05) is 24.5 Å². The van der Waals surface area contributed by atoms with Gasteiger partial charge in [-0.2, -0.15) is 0 Å². The number of thiazole rings is 1. The van der Waals surface area contributed by atoms with E-state index in [4.69, 9.17) is 16.0 Å². The highest BCUT2D eigenvalue weighted by molar-refractivity contribution is 7.11. The third-order valence-corrected chi connectivity index (χ3v) is 5.99. The number of likely N-dealkylation sites (tertiary alicyclic amines) is 1. The van der Waals surface area contributed by atoms with E-state index < -0.39 is 0 Å². The van der Waals surface area contributed by atoms with Gasteiger partial charge in [0.15, 0.2) is 5.89 Å². The Morgan fingerprint density at radius 1 is 1.41 bits per heavy atom. The molecule has 1 saturated heterocycles. The van der Waals surface area contributed by atoms with Crippen molar-refractivity contribution in [3.05, 3.63) is 68.8 Å². The normalized spacial score (nSPS) is 17.3. The maximum atomic E-state index is 12.8. The van der Waals surface area contributed by atoms with Crippen molar-refractivity contribution in [2.24, 2.45) is 0 Å². The third-order valence-electron chi connectivity index (χ3n) is 4.84. The fourth-order valence-electron chi connectivity index (χ4n) is 3.46. The summed E-state index contributed by atoms with van der Waals surface area (Å²) in [6.07, 6.45) is 4.36. The first kappa shape index (κ1) is 18.2. The monoisotopic (exact) mass is 401 g/mol. The Hall–Kier alpha value is -2.18. The van der Waals surface area contributed by atoms with Crippen LogP contribution in [0.15, 0.2) is 40.4 Å². The first-order chi connectivity index (χ1) is 13.1. The zero-order valence-electron chi connectivity index (χ0n) is 15.0. The van der Waals surface area contributed by atoms with Crippen molar-refractivity contribution in [2.45, 2.75) is 32.1 Å². The largest absolute Gasteiger partial charge is 0.445 e. The zero-order chi connectivity index (χ0) is 18.8. The van der Waals surface area contributed by atoms with E-state index in [0.29, 0.717) is 23.9 Å². The fourth-order valence-corrected chi connectivity index (χ4v) is 4.44. The van der Waals surface area contributed by atoms with Gasteiger partial charge in [-0.25, -0.2) is 9.97 Å². The molecule has 0 N–H and O–H groups in total. The molecule has 1 aliphatic heterocycles. The molecule has 0 bridgehead atoms. The van der Waals surface area contributed by atoms with Crippen molar-refractivity contribution in [1.82, 2.24) is 14.9 Å². The minimum atomic E-state index is 0.0606. The summed E-state index contributed by atoms with van der Waals surface area (Å²) in [4.78, 5) is 24.1. The van der Waals surface area contributed by atoms with E-state index in [1.54, 1.807) is 11.7 Å². The number of aromatic nitrogens is 2. The molecular formula is C20H20ClN3O2S. The molecule has 0 saturated carbocycles. The first-order valence-corrected chi connectivity index (χ1v) is 10.2. The Balaban J connectivity index is 1.45. The van der Waals surface area contributed by atoms with Gasteiger partial charge in [0.25, 0.3) is 5.91 Å². The summed E-state index contributed by atoms with van der Waals surface area (Å²) < 4.78 is 6.01. The molecule has 1 atom stereocenters. The maximum absolute atomic E-state index is 12.8. The van der Waals surface area contributed by atoms with Crippen LogP contribution in [0.2, 0.25) is 5.02 Å². The smallest absolute Gasteiger partial charge is 0.265 e. The molecule has 1 amide bonds. The van der Waals surface area contributed by atoms with E-state index in [1.165, 1.54) is 11.3 Å². The van der Waals surface area contributed by atoms with Gasteiger partial charge >= 0.3 is 0 Å². The number of halogens is 1. The number of hydrogen-bond acceptors (Lipinski definition) is 5. The molecule has 0 radical (unpaired) electrons. The minimum Gasteiger partial charge on any atom is -0.445 e. The maximum Gasteiger partial charge on any atom is 0.265 e. The number of nitrogens with zero attached hydrogens (tertiary/aromatic N) is 3. The van der Waals surface area contributed by atoms with Gasteiger partial charge in [-0.05, 0) is 37.5 Å². The molecule has 5 nitrogen and oxygen atoms in total. The number of benzene rings is 1. The van der Waals surface area contributed by atoms with Crippen molar-refractivity contribution in [1.29, 1.82) is 0 Å². The van der Waals surface area contributed by atoms with Gasteiger partial charge in [-0.3, -0.25) is 4.79 Å². The Morgan fingerprint density at radius 2 is 2.30 bits per heavy atom. The third kappa shape index (κ3) is 4.06. The number of carbonyl (C=O) groups is 1. The Labute approximate surface area is 167 Å². The lowest BCUT2D eigenvalue weighted by atomic mass is 9.98. The first-order valence-electron chi connectivity index (χ1n) is 8.98. The predicted octanol–water partition coefficient (Wildman–Crippen LogP) is 4.70. The fraction of sp³-hybridized carbons (Fsp3) is 0.350. The zero-order valence-corrected chi connectivity index (χ0v) is 16.6. The lowest BCUT2D eigenvalue weighted by molar-refractivity contribution is 0.0702. The van der Waals surface area contributed by atoms with Crippen LogP contribution in [0.3, 0.4) is 0 Å². The molecule has 3 heterocycles. The van der Waals surface area contributed by atoms with Gasteiger partial charge in [0.05, 0.1) is 23.3 Å². The summed E-state index contributed by atoms with van der Waals surface area (Å²) in [5.41, 5.74) is 3.61. The number of rotatable bonds is 4. The Morgan fingerprint density at radius 3 is 3.07 bits per heavy atom. The SMILES string of the molecule is Cc1ncsc1C(=O)N1CCCC(c2ncc(Cc3cccc(Cl)c3)o2)C1. The molecule has 1 unspecified atom stereocenters. The lowest BCUT2D eigenvalue weighted by Crippen LogP contribution is -2.39. The second-order valence-electron chi connectivity index (χ2n) is 6.83. The van der Waals surface area contributed by atoms with Crippen LogP contribution in [0, 0.1) is 6.92 Å². The molecule has 0 spiro atoms. The number of aryl methyl sites for hydroxylation is 1. The van der Waals surface area contributed by atoms with Gasteiger partial charge in [0.1, 0.15) is 10.6 Å². The van der Waals surface area contributed by atoms with Crippen molar-refractivity contribution in [3.8, 4) is 0 Å². The molecule has 1 fully saturated rings. The quantitative estimate of drug-likeness (QED) is 0.635. The number of oxazole rings is 1. The Bertz CT molecular complexity index is 952. The van der Waals surface area contributed by atoms with Crippen molar-refractivity contribution >= 4 is 28.8 Å². The van der Waals surface area contributed by atoms with Gasteiger partial charge < -0.3 is 9.32 Å². The van der Waals surface area contributed by atoms with Crippen LogP contribution in [0.4, 0.5) is 0 Å². The molecule has 1 aliphatic rings. The van der Waals surface area contributed by atoms with Gasteiger partial charge in [-0.1, -0.05) is 23.7 Å². The van der Waals surface area contributed by atoms with E-state index in [0.717, 1.165) is 41.3 Å². The second kappa shape index (κ2) is 7.82. The van der Waals surface area contributed by atoms with E-state index in [9.17, 15) is 4.79 Å². The summed E-state index contributed by atoms with van der Waals surface area (Å²) in [5.74, 6) is 1.72. The summed E-state index contributed by atoms with van der Waals surface area (Å²) in [6, 6.07) is 7.74. The average Bonchev–Trinajstić information content (AvgIpc) is 3.30. The van der Waals surface area contributed by atoms with Crippen LogP contribution in [-0.2, 0) is 6.42 Å². The van der Waals surface area contributed by atoms with Crippen molar-refractivity contribution in [3.63, 3.8) is 0 Å². The standard InChI is InChI=1S/C20H20ClN3O2S/c1-13-18(27-12-23-13)20(25)24-7-3-5-15(11-24)19-22-10-17(26-19)9-14-4-2-6-16(21)8-14/h2,4,6,8,10,12,15H,3,5,7,9,11H2,1H3. The lowest BCUT2D eigenvalue weighted by Gasteiger charge is -2.31. The van der Waals surface area contributed by atoms with E-state index in [-0.39, 0.29) is 11.8 Å². The number of amides is 1. The second-order valence-corrected chi connectivity index (χ2v) is 8.12. The predicted molar refractivity (Wildman–Crippen MR) is 105 cm³/mol. The molecule has 1 aromatic carbocycles. The molecule has 27 heavy (non-hydrogen) atoms. The highest BCUT2D eigenvalue weighted by Gasteiger charge is 2.29. The average molecular weight is 402 g/mol. The summed E-state index contributed by atoms with van der Waals surface area (Å²) >= 11 is 7.45. The molecule has 0 aliphatic carbocycles. The molecule has 140 valence electrons. The highest BCUT2D eigenvalue weighted by Crippen LogP contribution is 2.29. The molecule has 7 heteroatoms. The number of carbonyl (C=O) groups excluding carboxylic acids is 1. The summed E-state index contributed by atoms with van der Waals surface area (Å²) in [5, 5.41) is 0.715. The summed E-state index contributed by atoms with van der Waals surface area (Å²) in [6.45, 7) is 3.28. The summed E-state index contributed by atoms with van der Waals surface area (Å²) in [7, 11) is 0. The van der Waals surface area contributed by atoms with Crippen LogP contribution in [-0.4, -0.2) is 33.9 Å². The van der Waals surface area contributed by atoms with Gasteiger partial charge in [-0.15, -0.1) is 11.3 Å². The van der Waals surface area contributed by atoms with E-state index in [1.807, 2.05) is 36.1 Å². The van der Waals surface area contributed by atoms with Crippen LogP contribution in [0.1, 0.15) is 51.3 Å². The molecule has 2 aromatic heterocycles. The number of hydrogen-bond donors (Lipinski definition) is 0. The number of piperidine rings is 1. The van der Waals surface area contributed by atoms with E-state index >= 15 is 0 Å². The van der Waals surface area contributed by atoms with Crippen LogP contribution < -0.4 is 0 Å². The minimum absolute atomic E-state index is 0.0606. The Kier molecular flexibility index (Phi) is 5.27. The highest BCUT2D eigenvalue weighted by atomic mass is 35.5. The van der Waals surface area contributed by atoms with Crippen LogP contribution in [0.25, 0.3) is 0 Å². The van der Waals surface area contributed by atoms with Crippen LogP contribution in [0.5, 0.6) is 0 Å². The van der Waals surface area contributed by atoms with Crippen molar-refractivity contribution in [2.75, 3.05) is 13.1 Å². The molecule has 4 rings (SSSR count). The van der Waals surface area contributed by atoms with Crippen LogP contribution >= 0.6 is 22.9 Å².